The van der Waals surface area contributed by atoms with Gasteiger partial charge in [-0.2, -0.15) is 0 Å². The molecule has 0 N–H and O–H groups in total. The van der Waals surface area contributed by atoms with Gasteiger partial charge < -0.3 is 4.74 Å². The molecule has 0 bridgehead atoms. The van der Waals surface area contributed by atoms with Gasteiger partial charge in [0.15, 0.2) is 5.78 Å². The number of fused-ring (bicyclic) bond motifs is 2. The first kappa shape index (κ1) is 16.7. The van der Waals surface area contributed by atoms with E-state index in [0.29, 0.717) is 10.0 Å². The molecule has 1 aliphatic heterocycles. The number of benzene rings is 3. The Balaban J connectivity index is 1.71. The monoisotopic (exact) mass is 416 g/mol. The molecule has 0 amide bonds. The highest BCUT2D eigenvalue weighted by Crippen LogP contribution is 2.62. The summed E-state index contributed by atoms with van der Waals surface area (Å²) >= 11 is 3.48. The van der Waals surface area contributed by atoms with Crippen molar-refractivity contribution in [2.24, 2.45) is 0 Å². The van der Waals surface area contributed by atoms with Gasteiger partial charge in [0.2, 0.25) is 0 Å². The average molecular weight is 417 g/mol. The first-order valence-electron chi connectivity index (χ1n) is 9.01. The minimum Gasteiger partial charge on any atom is -0.357 e. The molecule has 0 radical (unpaired) electrons. The summed E-state index contributed by atoms with van der Waals surface area (Å²) in [7, 11) is 0. The molecule has 0 aromatic heterocycles. The molecule has 1 saturated heterocycles. The van der Waals surface area contributed by atoms with Gasteiger partial charge in [0.25, 0.3) is 0 Å². The fraction of sp³-hybridized carbons (Fsp3) is 0.125. The zero-order valence-corrected chi connectivity index (χ0v) is 16.1. The lowest BCUT2D eigenvalue weighted by molar-refractivity contribution is -0.212. The van der Waals surface area contributed by atoms with Crippen LogP contribution in [0.15, 0.2) is 95.5 Å². The molecule has 27 heavy (non-hydrogen) atoms. The van der Waals surface area contributed by atoms with Crippen LogP contribution in [0.4, 0.5) is 0 Å². The Morgan fingerprint density at radius 1 is 0.778 bits per heavy atom. The molecule has 3 aromatic carbocycles. The molecule has 2 aliphatic rings. The van der Waals surface area contributed by atoms with Crippen molar-refractivity contribution in [1.29, 1.82) is 0 Å². The standard InChI is InChI=1S/C24H17BrO2/c25-20-15-24(19-14-8-7-13-18(19)22(20)26)21(16-9-3-1-4-10-16)23(27-24)17-11-5-2-6-12-17/h1-15,21,23H. The molecule has 3 heteroatoms. The van der Waals surface area contributed by atoms with Crippen LogP contribution in [0.1, 0.15) is 39.1 Å². The summed E-state index contributed by atoms with van der Waals surface area (Å²) in [4.78, 5) is 12.7. The Hall–Kier alpha value is -2.49. The molecular weight excluding hydrogens is 400 g/mol. The second-order valence-corrected chi connectivity index (χ2v) is 7.85. The third-order valence-corrected chi connectivity index (χ3v) is 6.11. The van der Waals surface area contributed by atoms with E-state index in [9.17, 15) is 4.79 Å². The highest BCUT2D eigenvalue weighted by Gasteiger charge is 2.58. The van der Waals surface area contributed by atoms with Gasteiger partial charge >= 0.3 is 0 Å². The lowest BCUT2D eigenvalue weighted by Gasteiger charge is -2.56. The predicted molar refractivity (Wildman–Crippen MR) is 109 cm³/mol. The maximum absolute atomic E-state index is 12.7. The number of Topliss-reactive ketones (excluding diaryl/α,β-unsaturated/α-hetero) is 1. The van der Waals surface area contributed by atoms with Crippen molar-refractivity contribution in [3.8, 4) is 0 Å². The molecule has 1 spiro atoms. The average Bonchev–Trinajstić information content (AvgIpc) is 2.71. The Morgan fingerprint density at radius 3 is 2.07 bits per heavy atom. The van der Waals surface area contributed by atoms with Gasteiger partial charge in [-0.1, -0.05) is 84.9 Å². The van der Waals surface area contributed by atoms with Crippen LogP contribution in [0, 0.1) is 0 Å². The zero-order chi connectivity index (χ0) is 18.4. The van der Waals surface area contributed by atoms with Crippen molar-refractivity contribution >= 4 is 21.7 Å². The summed E-state index contributed by atoms with van der Waals surface area (Å²) in [5.41, 5.74) is 3.36. The number of halogens is 1. The third-order valence-electron chi connectivity index (χ3n) is 5.52. The third kappa shape index (κ3) is 2.46. The van der Waals surface area contributed by atoms with E-state index in [1.807, 2.05) is 54.6 Å². The molecule has 1 aliphatic carbocycles. The predicted octanol–water partition coefficient (Wildman–Crippen LogP) is 5.91. The van der Waals surface area contributed by atoms with Crippen LogP contribution >= 0.6 is 15.9 Å². The molecular formula is C24H17BrO2. The molecule has 3 unspecified atom stereocenters. The first-order chi connectivity index (χ1) is 13.2. The Labute approximate surface area is 166 Å². The molecule has 0 saturated carbocycles. The van der Waals surface area contributed by atoms with E-state index >= 15 is 0 Å². The minimum atomic E-state index is -0.648. The number of rotatable bonds is 2. The summed E-state index contributed by atoms with van der Waals surface area (Å²) in [6.07, 6.45) is 1.89. The summed E-state index contributed by atoms with van der Waals surface area (Å²) in [5.74, 6) is 0.0951. The van der Waals surface area contributed by atoms with Crippen LogP contribution in [0.5, 0.6) is 0 Å². The van der Waals surface area contributed by atoms with Gasteiger partial charge in [0.05, 0.1) is 16.5 Å². The summed E-state index contributed by atoms with van der Waals surface area (Å²) < 4.78 is 7.17. The molecule has 132 valence electrons. The highest BCUT2D eigenvalue weighted by molar-refractivity contribution is 9.12. The van der Waals surface area contributed by atoms with Crippen LogP contribution in [0.25, 0.3) is 0 Å². The number of ether oxygens (including phenoxy) is 1. The van der Waals surface area contributed by atoms with Gasteiger partial charge in [0.1, 0.15) is 5.60 Å². The maximum atomic E-state index is 12.7. The van der Waals surface area contributed by atoms with Crippen LogP contribution in [-0.4, -0.2) is 5.78 Å². The van der Waals surface area contributed by atoms with Gasteiger partial charge in [0, 0.05) is 5.56 Å². The van der Waals surface area contributed by atoms with Crippen LogP contribution in [0.3, 0.4) is 0 Å². The fourth-order valence-corrected chi connectivity index (χ4v) is 4.88. The topological polar surface area (TPSA) is 26.3 Å². The molecule has 1 fully saturated rings. The van der Waals surface area contributed by atoms with Crippen LogP contribution < -0.4 is 0 Å². The van der Waals surface area contributed by atoms with E-state index in [4.69, 9.17) is 4.74 Å². The normalized spacial score (nSPS) is 26.3. The maximum Gasteiger partial charge on any atom is 0.200 e. The quantitative estimate of drug-likeness (QED) is 0.518. The molecule has 1 heterocycles. The lowest BCUT2D eigenvalue weighted by Crippen LogP contribution is -2.52. The highest BCUT2D eigenvalue weighted by atomic mass is 79.9. The number of hydrogen-bond donors (Lipinski definition) is 0. The van der Waals surface area contributed by atoms with Crippen LogP contribution in [-0.2, 0) is 10.3 Å². The summed E-state index contributed by atoms with van der Waals surface area (Å²) in [5, 5.41) is 0. The number of carbonyl (C=O) groups excluding carboxylic acids is 1. The van der Waals surface area contributed by atoms with Crippen molar-refractivity contribution < 1.29 is 9.53 Å². The smallest absolute Gasteiger partial charge is 0.200 e. The van der Waals surface area contributed by atoms with Gasteiger partial charge in [-0.05, 0) is 38.7 Å². The van der Waals surface area contributed by atoms with E-state index in [0.717, 1.165) is 11.1 Å². The van der Waals surface area contributed by atoms with E-state index in [1.165, 1.54) is 5.56 Å². The number of carbonyl (C=O) groups is 1. The Morgan fingerprint density at radius 2 is 1.37 bits per heavy atom. The minimum absolute atomic E-state index is 0.00907. The SMILES string of the molecule is O=C1C(Br)=CC2(OC(c3ccccc3)C2c2ccccc2)c2ccccc21. The van der Waals surface area contributed by atoms with E-state index < -0.39 is 5.60 Å². The number of ketones is 1. The van der Waals surface area contributed by atoms with Crippen molar-refractivity contribution in [3.05, 3.63) is 118 Å². The largest absolute Gasteiger partial charge is 0.357 e. The van der Waals surface area contributed by atoms with E-state index in [2.05, 4.69) is 52.3 Å². The fourth-order valence-electron chi connectivity index (χ4n) is 4.33. The summed E-state index contributed by atoms with van der Waals surface area (Å²) in [6, 6.07) is 28.5. The molecule has 2 nitrogen and oxygen atoms in total. The second kappa shape index (κ2) is 6.29. The van der Waals surface area contributed by atoms with Gasteiger partial charge in [-0.3, -0.25) is 4.79 Å². The number of hydrogen-bond acceptors (Lipinski definition) is 2. The van der Waals surface area contributed by atoms with Gasteiger partial charge in [-0.25, -0.2) is 0 Å². The number of allylic oxidation sites excluding steroid dienone is 1. The van der Waals surface area contributed by atoms with Gasteiger partial charge in [-0.15, -0.1) is 0 Å². The van der Waals surface area contributed by atoms with Crippen molar-refractivity contribution in [1.82, 2.24) is 0 Å². The van der Waals surface area contributed by atoms with Crippen LogP contribution in [0.2, 0.25) is 0 Å². The Bertz CT molecular complexity index is 1040. The second-order valence-electron chi connectivity index (χ2n) is 7.00. The first-order valence-corrected chi connectivity index (χ1v) is 9.80. The molecule has 5 rings (SSSR count). The Kier molecular flexibility index (Phi) is 3.88. The molecule has 3 aromatic rings. The van der Waals surface area contributed by atoms with Crippen molar-refractivity contribution in [3.63, 3.8) is 0 Å². The zero-order valence-electron chi connectivity index (χ0n) is 14.5. The van der Waals surface area contributed by atoms with Crippen molar-refractivity contribution in [2.45, 2.75) is 17.6 Å². The van der Waals surface area contributed by atoms with E-state index in [1.54, 1.807) is 0 Å². The van der Waals surface area contributed by atoms with Crippen molar-refractivity contribution in [2.75, 3.05) is 0 Å². The summed E-state index contributed by atoms with van der Waals surface area (Å²) in [6.45, 7) is 0. The van der Waals surface area contributed by atoms with E-state index in [-0.39, 0.29) is 17.8 Å². The molecule has 3 atom stereocenters. The lowest BCUT2D eigenvalue weighted by atomic mass is 9.64.